The van der Waals surface area contributed by atoms with Crippen LogP contribution in [0.4, 0.5) is 11.5 Å². The highest BCUT2D eigenvalue weighted by molar-refractivity contribution is 7.71. The van der Waals surface area contributed by atoms with Gasteiger partial charge in [0.05, 0.1) is 5.69 Å². The van der Waals surface area contributed by atoms with Crippen LogP contribution in [-0.2, 0) is 19.5 Å². The maximum Gasteiger partial charge on any atom is 0.285 e. The number of aromatic hydroxyl groups is 1. The van der Waals surface area contributed by atoms with E-state index in [2.05, 4.69) is 20.4 Å². The van der Waals surface area contributed by atoms with Gasteiger partial charge < -0.3 is 5.11 Å². The molecular weight excluding hydrogens is 330 g/mol. The maximum atomic E-state index is 12.2. The first kappa shape index (κ1) is 17.6. The summed E-state index contributed by atoms with van der Waals surface area (Å²) in [7, 11) is 2.97. The maximum absolute atomic E-state index is 12.2. The quantitative estimate of drug-likeness (QED) is 0.638. The molecular formula is C14H17N7O2S. The van der Waals surface area contributed by atoms with E-state index < -0.39 is 11.4 Å². The summed E-state index contributed by atoms with van der Waals surface area (Å²) >= 11 is 5.02. The second-order valence-corrected chi connectivity index (χ2v) is 6.60. The highest BCUT2D eigenvalue weighted by atomic mass is 32.1. The Morgan fingerprint density at radius 1 is 1.29 bits per heavy atom. The number of hydrogen-bond acceptors (Lipinski definition) is 7. The van der Waals surface area contributed by atoms with E-state index >= 15 is 0 Å². The van der Waals surface area contributed by atoms with Gasteiger partial charge in [-0.3, -0.25) is 19.0 Å². The third-order valence-electron chi connectivity index (χ3n) is 3.46. The van der Waals surface area contributed by atoms with Crippen molar-refractivity contribution >= 4 is 23.7 Å². The summed E-state index contributed by atoms with van der Waals surface area (Å²) in [6, 6.07) is 2.03. The molecule has 2 aromatic heterocycles. The van der Waals surface area contributed by atoms with Gasteiger partial charge in [-0.1, -0.05) is 20.8 Å². The van der Waals surface area contributed by atoms with Crippen molar-refractivity contribution in [2.45, 2.75) is 26.2 Å². The number of aromatic nitrogens is 4. The molecule has 0 saturated heterocycles. The second-order valence-electron chi connectivity index (χ2n) is 6.24. The molecule has 9 nitrogen and oxygen atoms in total. The van der Waals surface area contributed by atoms with Crippen molar-refractivity contribution in [3.63, 3.8) is 0 Å². The predicted molar refractivity (Wildman–Crippen MR) is 89.3 cm³/mol. The molecule has 0 aliphatic rings. The van der Waals surface area contributed by atoms with Gasteiger partial charge in [-0.25, -0.2) is 0 Å². The molecule has 0 fully saturated rings. The lowest BCUT2D eigenvalue weighted by Crippen LogP contribution is -2.20. The minimum Gasteiger partial charge on any atom is -0.493 e. The molecule has 0 aliphatic carbocycles. The Labute approximate surface area is 142 Å². The highest BCUT2D eigenvalue weighted by Gasteiger charge is 2.24. The Hall–Kier alpha value is -2.80. The minimum absolute atomic E-state index is 0.0500. The van der Waals surface area contributed by atoms with E-state index in [1.54, 1.807) is 0 Å². The van der Waals surface area contributed by atoms with Gasteiger partial charge in [0.2, 0.25) is 17.4 Å². The molecule has 2 rings (SSSR count). The van der Waals surface area contributed by atoms with E-state index in [4.69, 9.17) is 12.2 Å². The van der Waals surface area contributed by atoms with E-state index in [-0.39, 0.29) is 27.3 Å². The van der Waals surface area contributed by atoms with E-state index in [0.29, 0.717) is 5.69 Å². The second kappa shape index (κ2) is 6.01. The number of nitrogens with one attached hydrogen (secondary N) is 1. The Bertz CT molecular complexity index is 983. The van der Waals surface area contributed by atoms with Crippen LogP contribution < -0.4 is 5.56 Å². The monoisotopic (exact) mass is 347 g/mol. The third-order valence-corrected chi connectivity index (χ3v) is 4.01. The molecule has 126 valence electrons. The Kier molecular flexibility index (Phi) is 4.40. The molecule has 10 heteroatoms. The molecule has 0 aliphatic heterocycles. The SMILES string of the molecule is Cn1c(O)c(N=Nc2n[nH]c(C(C)(C)C)c2C#N)c(=O)n(C)c1=S. The van der Waals surface area contributed by atoms with Gasteiger partial charge >= 0.3 is 0 Å². The zero-order valence-electron chi connectivity index (χ0n) is 13.9. The molecule has 0 radical (unpaired) electrons. The van der Waals surface area contributed by atoms with Crippen LogP contribution in [0.2, 0.25) is 0 Å². The normalized spacial score (nSPS) is 11.8. The molecule has 0 saturated carbocycles. The lowest BCUT2D eigenvalue weighted by molar-refractivity contribution is 0.417. The Balaban J connectivity index is 2.60. The first-order valence-electron chi connectivity index (χ1n) is 6.99. The van der Waals surface area contributed by atoms with Crippen molar-refractivity contribution in [1.29, 1.82) is 5.26 Å². The van der Waals surface area contributed by atoms with Gasteiger partial charge in [0.1, 0.15) is 11.6 Å². The molecule has 0 atom stereocenters. The van der Waals surface area contributed by atoms with Crippen LogP contribution >= 0.6 is 12.2 Å². The number of nitrogens with zero attached hydrogens (tertiary/aromatic N) is 6. The third kappa shape index (κ3) is 2.85. The van der Waals surface area contributed by atoms with Crippen LogP contribution in [0, 0.1) is 16.1 Å². The molecule has 0 amide bonds. The topological polar surface area (TPSA) is 124 Å². The fraction of sp³-hybridized carbons (Fsp3) is 0.429. The lowest BCUT2D eigenvalue weighted by atomic mass is 9.90. The summed E-state index contributed by atoms with van der Waals surface area (Å²) in [6.07, 6.45) is 0. The van der Waals surface area contributed by atoms with Crippen molar-refractivity contribution in [1.82, 2.24) is 19.3 Å². The van der Waals surface area contributed by atoms with Gasteiger partial charge in [-0.05, 0) is 12.2 Å². The molecule has 0 spiro atoms. The number of rotatable bonds is 2. The van der Waals surface area contributed by atoms with Crippen molar-refractivity contribution < 1.29 is 5.11 Å². The first-order valence-corrected chi connectivity index (χ1v) is 7.40. The number of aromatic amines is 1. The summed E-state index contributed by atoms with van der Waals surface area (Å²) in [5.74, 6) is -0.356. The molecule has 2 aromatic rings. The lowest BCUT2D eigenvalue weighted by Gasteiger charge is -2.15. The Morgan fingerprint density at radius 2 is 1.92 bits per heavy atom. The number of azo groups is 1. The van der Waals surface area contributed by atoms with Gasteiger partial charge in [0.25, 0.3) is 5.56 Å². The Morgan fingerprint density at radius 3 is 2.46 bits per heavy atom. The molecule has 0 aromatic carbocycles. The van der Waals surface area contributed by atoms with Crippen LogP contribution in [0.15, 0.2) is 15.0 Å². The summed E-state index contributed by atoms with van der Waals surface area (Å²) in [6.45, 7) is 5.77. The van der Waals surface area contributed by atoms with Crippen molar-refractivity contribution in [2.75, 3.05) is 0 Å². The minimum atomic E-state index is -0.593. The largest absolute Gasteiger partial charge is 0.493 e. The highest BCUT2D eigenvalue weighted by Crippen LogP contribution is 2.30. The zero-order valence-corrected chi connectivity index (χ0v) is 14.8. The van der Waals surface area contributed by atoms with Crippen molar-refractivity contribution in [3.05, 3.63) is 26.4 Å². The number of hydrogen-bond donors (Lipinski definition) is 2. The van der Waals surface area contributed by atoms with Crippen LogP contribution in [0.25, 0.3) is 0 Å². The van der Waals surface area contributed by atoms with E-state index in [1.165, 1.54) is 23.2 Å². The zero-order chi connectivity index (χ0) is 18.2. The fourth-order valence-electron chi connectivity index (χ4n) is 2.05. The van der Waals surface area contributed by atoms with Crippen LogP contribution in [0.1, 0.15) is 32.0 Å². The molecule has 2 N–H and O–H groups in total. The van der Waals surface area contributed by atoms with Crippen LogP contribution in [0.3, 0.4) is 0 Å². The summed E-state index contributed by atoms with van der Waals surface area (Å²) in [4.78, 5) is 12.2. The molecule has 0 bridgehead atoms. The van der Waals surface area contributed by atoms with Crippen LogP contribution in [0.5, 0.6) is 5.88 Å². The van der Waals surface area contributed by atoms with Crippen LogP contribution in [-0.4, -0.2) is 24.4 Å². The molecule has 24 heavy (non-hydrogen) atoms. The van der Waals surface area contributed by atoms with Gasteiger partial charge in [-0.15, -0.1) is 10.2 Å². The van der Waals surface area contributed by atoms with Gasteiger partial charge in [0, 0.05) is 19.5 Å². The number of H-pyrrole nitrogens is 1. The average molecular weight is 347 g/mol. The van der Waals surface area contributed by atoms with Gasteiger partial charge in [-0.2, -0.15) is 10.4 Å². The summed E-state index contributed by atoms with van der Waals surface area (Å²) < 4.78 is 2.55. The van der Waals surface area contributed by atoms with E-state index in [1.807, 2.05) is 26.8 Å². The van der Waals surface area contributed by atoms with Crippen molar-refractivity contribution in [3.8, 4) is 11.9 Å². The van der Waals surface area contributed by atoms with Gasteiger partial charge in [0.15, 0.2) is 4.77 Å². The fourth-order valence-corrected chi connectivity index (χ4v) is 2.22. The smallest absolute Gasteiger partial charge is 0.285 e. The van der Waals surface area contributed by atoms with E-state index in [0.717, 1.165) is 0 Å². The summed E-state index contributed by atoms with van der Waals surface area (Å²) in [5, 5.41) is 33.8. The standard InChI is InChI=1S/C14H17N7O2S/c1-14(2,3)9-7(6-15)10(19-17-9)18-16-8-11(22)20(4)13(24)21(5)12(8)23/h22H,1-5H3,(H,17,19). The average Bonchev–Trinajstić information content (AvgIpc) is 2.94. The van der Waals surface area contributed by atoms with Crippen molar-refractivity contribution in [2.24, 2.45) is 24.3 Å². The molecule has 2 heterocycles. The molecule has 0 unspecified atom stereocenters. The number of nitriles is 1. The first-order chi connectivity index (χ1) is 11.1. The summed E-state index contributed by atoms with van der Waals surface area (Å²) in [5.41, 5.74) is -0.350. The predicted octanol–water partition coefficient (Wildman–Crippen LogP) is 2.47. The van der Waals surface area contributed by atoms with E-state index in [9.17, 15) is 15.2 Å².